The van der Waals surface area contributed by atoms with E-state index < -0.39 is 0 Å². The molecular formula is C15H24O2. The monoisotopic (exact) mass is 236 g/mol. The molecule has 96 valence electrons. The molecule has 2 nitrogen and oxygen atoms in total. The normalized spacial score (nSPS) is 51.9. The summed E-state index contributed by atoms with van der Waals surface area (Å²) in [6.45, 7) is 6.80. The lowest BCUT2D eigenvalue weighted by atomic mass is 9.53. The molecule has 0 unspecified atom stereocenters. The fourth-order valence-corrected chi connectivity index (χ4v) is 4.86. The summed E-state index contributed by atoms with van der Waals surface area (Å²) in [5.74, 6) is 0.780. The van der Waals surface area contributed by atoms with Gasteiger partial charge in [-0.05, 0) is 57.3 Å². The van der Waals surface area contributed by atoms with Gasteiger partial charge in [-0.1, -0.05) is 13.3 Å². The highest BCUT2D eigenvalue weighted by molar-refractivity contribution is 5.57. The topological polar surface area (TPSA) is 26.3 Å². The SMILES string of the molecule is CC1(C)O[C@]23C[C@H]1CC[C@]2(C)CCC[C@@H]3C=O. The maximum atomic E-state index is 11.5. The first-order valence-electron chi connectivity index (χ1n) is 7.09. The van der Waals surface area contributed by atoms with Crippen LogP contribution in [0.5, 0.6) is 0 Å². The van der Waals surface area contributed by atoms with Gasteiger partial charge in [0.2, 0.25) is 0 Å². The van der Waals surface area contributed by atoms with Crippen LogP contribution in [0.1, 0.15) is 59.3 Å². The van der Waals surface area contributed by atoms with Crippen molar-refractivity contribution < 1.29 is 9.53 Å². The van der Waals surface area contributed by atoms with Crippen molar-refractivity contribution in [3.05, 3.63) is 0 Å². The molecule has 17 heavy (non-hydrogen) atoms. The van der Waals surface area contributed by atoms with Crippen molar-refractivity contribution >= 4 is 6.29 Å². The molecule has 4 atom stereocenters. The first-order valence-corrected chi connectivity index (χ1v) is 7.09. The van der Waals surface area contributed by atoms with Gasteiger partial charge >= 0.3 is 0 Å². The third-order valence-electron chi connectivity index (χ3n) is 6.05. The largest absolute Gasteiger partial charge is 0.368 e. The summed E-state index contributed by atoms with van der Waals surface area (Å²) < 4.78 is 6.54. The molecule has 1 aliphatic heterocycles. The predicted molar refractivity (Wildman–Crippen MR) is 66.7 cm³/mol. The quantitative estimate of drug-likeness (QED) is 0.653. The van der Waals surface area contributed by atoms with Crippen LogP contribution in [0.15, 0.2) is 0 Å². The molecule has 3 rings (SSSR count). The van der Waals surface area contributed by atoms with E-state index >= 15 is 0 Å². The van der Waals surface area contributed by atoms with Gasteiger partial charge in [0, 0.05) is 5.92 Å². The molecular weight excluding hydrogens is 212 g/mol. The van der Waals surface area contributed by atoms with Gasteiger partial charge in [0.1, 0.15) is 6.29 Å². The smallest absolute Gasteiger partial charge is 0.125 e. The molecule has 3 fully saturated rings. The second-order valence-corrected chi connectivity index (χ2v) is 7.23. The predicted octanol–water partition coefficient (Wildman–Crippen LogP) is 3.34. The van der Waals surface area contributed by atoms with Crippen LogP contribution in [0.3, 0.4) is 0 Å². The van der Waals surface area contributed by atoms with Crippen LogP contribution in [-0.4, -0.2) is 17.5 Å². The number of rotatable bonds is 1. The first kappa shape index (κ1) is 11.7. The lowest BCUT2D eigenvalue weighted by Gasteiger charge is -2.54. The van der Waals surface area contributed by atoms with Gasteiger partial charge in [-0.15, -0.1) is 0 Å². The van der Waals surface area contributed by atoms with Crippen LogP contribution in [-0.2, 0) is 9.53 Å². The van der Waals surface area contributed by atoms with Gasteiger partial charge in [-0.2, -0.15) is 0 Å². The van der Waals surface area contributed by atoms with E-state index in [1.165, 1.54) is 32.0 Å². The Morgan fingerprint density at radius 1 is 1.18 bits per heavy atom. The van der Waals surface area contributed by atoms with Crippen LogP contribution >= 0.6 is 0 Å². The van der Waals surface area contributed by atoms with Crippen LogP contribution in [0.25, 0.3) is 0 Å². The Morgan fingerprint density at radius 2 is 1.94 bits per heavy atom. The maximum Gasteiger partial charge on any atom is 0.125 e. The molecule has 1 saturated heterocycles. The molecule has 1 spiro atoms. The molecule has 3 aliphatic rings. The van der Waals surface area contributed by atoms with E-state index in [9.17, 15) is 4.79 Å². The van der Waals surface area contributed by atoms with Crippen molar-refractivity contribution in [1.29, 1.82) is 0 Å². The average Bonchev–Trinajstić information content (AvgIpc) is 2.49. The molecule has 0 N–H and O–H groups in total. The first-order chi connectivity index (χ1) is 7.94. The molecule has 2 bridgehead atoms. The number of aldehydes is 1. The lowest BCUT2D eigenvalue weighted by Crippen LogP contribution is -2.56. The molecule has 0 aromatic rings. The molecule has 0 radical (unpaired) electrons. The third kappa shape index (κ3) is 1.34. The standard InChI is InChI=1S/C15H24O2/c1-13(2)11-6-8-14(3)7-4-5-12(10-16)15(14,9-11)17-13/h10-12H,4-9H2,1-3H3/t11-,12-,14+,15+/m1/s1. The summed E-state index contributed by atoms with van der Waals surface area (Å²) in [7, 11) is 0. The second-order valence-electron chi connectivity index (χ2n) is 7.23. The minimum absolute atomic E-state index is 0.0314. The molecule has 1 heterocycles. The van der Waals surface area contributed by atoms with E-state index in [0.717, 1.165) is 12.8 Å². The number of hydrogen-bond donors (Lipinski definition) is 0. The van der Waals surface area contributed by atoms with Gasteiger partial charge in [0.15, 0.2) is 0 Å². The highest BCUT2D eigenvalue weighted by atomic mass is 16.5. The van der Waals surface area contributed by atoms with E-state index in [1.807, 2.05) is 0 Å². The van der Waals surface area contributed by atoms with E-state index in [0.29, 0.717) is 5.92 Å². The van der Waals surface area contributed by atoms with Crippen molar-refractivity contribution in [3.63, 3.8) is 0 Å². The zero-order valence-electron chi connectivity index (χ0n) is 11.3. The van der Waals surface area contributed by atoms with Crippen molar-refractivity contribution in [2.45, 2.75) is 70.5 Å². The van der Waals surface area contributed by atoms with Gasteiger partial charge in [-0.25, -0.2) is 0 Å². The summed E-state index contributed by atoms with van der Waals surface area (Å²) in [4.78, 5) is 11.5. The average molecular weight is 236 g/mol. The Morgan fingerprint density at radius 3 is 2.65 bits per heavy atom. The highest BCUT2D eigenvalue weighted by Crippen LogP contribution is 2.65. The molecule has 0 aromatic carbocycles. The van der Waals surface area contributed by atoms with Crippen LogP contribution in [0.2, 0.25) is 0 Å². The zero-order chi connectivity index (χ0) is 12.3. The summed E-state index contributed by atoms with van der Waals surface area (Å²) >= 11 is 0. The van der Waals surface area contributed by atoms with E-state index in [2.05, 4.69) is 20.8 Å². The van der Waals surface area contributed by atoms with Gasteiger partial charge < -0.3 is 9.53 Å². The number of carbonyl (C=O) groups is 1. The Balaban J connectivity index is 2.06. The third-order valence-corrected chi connectivity index (χ3v) is 6.05. The van der Waals surface area contributed by atoms with Gasteiger partial charge in [0.25, 0.3) is 0 Å². The Hall–Kier alpha value is -0.370. The summed E-state index contributed by atoms with van der Waals surface area (Å²) in [5.41, 5.74) is 0.0663. The van der Waals surface area contributed by atoms with Gasteiger partial charge in [0.05, 0.1) is 11.2 Å². The van der Waals surface area contributed by atoms with Gasteiger partial charge in [-0.3, -0.25) is 0 Å². The highest BCUT2D eigenvalue weighted by Gasteiger charge is 2.66. The van der Waals surface area contributed by atoms with Crippen molar-refractivity contribution in [2.24, 2.45) is 17.3 Å². The van der Waals surface area contributed by atoms with Crippen molar-refractivity contribution in [3.8, 4) is 0 Å². The Kier molecular flexibility index (Phi) is 2.30. The van der Waals surface area contributed by atoms with Crippen LogP contribution in [0.4, 0.5) is 0 Å². The number of fused-ring (bicyclic) bond motifs is 1. The number of ether oxygens (including phenoxy) is 1. The second kappa shape index (κ2) is 3.34. The fraction of sp³-hybridized carbons (Fsp3) is 0.933. The Bertz CT molecular complexity index is 349. The minimum atomic E-state index is -0.139. The lowest BCUT2D eigenvalue weighted by molar-refractivity contribution is -0.193. The molecule has 0 amide bonds. The zero-order valence-corrected chi connectivity index (χ0v) is 11.3. The van der Waals surface area contributed by atoms with Crippen molar-refractivity contribution in [2.75, 3.05) is 0 Å². The molecule has 2 aliphatic carbocycles. The van der Waals surface area contributed by atoms with E-state index in [4.69, 9.17) is 4.74 Å². The molecule has 0 aromatic heterocycles. The summed E-state index contributed by atoms with van der Waals surface area (Å²) in [6, 6.07) is 0. The Labute approximate surface area is 104 Å². The van der Waals surface area contributed by atoms with E-state index in [-0.39, 0.29) is 22.5 Å². The number of hydrogen-bond acceptors (Lipinski definition) is 2. The van der Waals surface area contributed by atoms with E-state index in [1.54, 1.807) is 0 Å². The van der Waals surface area contributed by atoms with Crippen LogP contribution in [0, 0.1) is 17.3 Å². The van der Waals surface area contributed by atoms with Crippen molar-refractivity contribution in [1.82, 2.24) is 0 Å². The molecule has 2 saturated carbocycles. The maximum absolute atomic E-state index is 11.5. The summed E-state index contributed by atoms with van der Waals surface area (Å²) in [5, 5.41) is 0. The molecule has 2 heteroatoms. The minimum Gasteiger partial charge on any atom is -0.368 e. The fourth-order valence-electron chi connectivity index (χ4n) is 4.86. The summed E-state index contributed by atoms with van der Waals surface area (Å²) in [6.07, 6.45) is 8.27. The number of carbonyl (C=O) groups excluding carboxylic acids is 1. The van der Waals surface area contributed by atoms with Crippen LogP contribution < -0.4 is 0 Å².